The summed E-state index contributed by atoms with van der Waals surface area (Å²) >= 11 is 0. The molecule has 0 fully saturated rings. The summed E-state index contributed by atoms with van der Waals surface area (Å²) in [6.45, 7) is 12.4. The van der Waals surface area contributed by atoms with Gasteiger partial charge in [0.1, 0.15) is 11.6 Å². The number of benzene rings is 2. The second-order valence-corrected chi connectivity index (χ2v) is 13.1. The lowest BCUT2D eigenvalue weighted by atomic mass is 9.70. The monoisotopic (exact) mass is 542 g/mol. The predicted molar refractivity (Wildman–Crippen MR) is 164 cm³/mol. The summed E-state index contributed by atoms with van der Waals surface area (Å²) in [5, 5.41) is 0. The highest BCUT2D eigenvalue weighted by Crippen LogP contribution is 2.40. The van der Waals surface area contributed by atoms with Crippen LogP contribution in [0.25, 0.3) is 0 Å². The Morgan fingerprint density at radius 2 is 1.75 bits per heavy atom. The average Bonchev–Trinajstić information content (AvgIpc) is 3.36. The maximum atomic E-state index is 13.8. The van der Waals surface area contributed by atoms with E-state index >= 15 is 0 Å². The van der Waals surface area contributed by atoms with Crippen molar-refractivity contribution in [2.45, 2.75) is 125 Å². The number of hydrogen-bond donors (Lipinski definition) is 0. The van der Waals surface area contributed by atoms with Crippen LogP contribution in [0.3, 0.4) is 0 Å². The summed E-state index contributed by atoms with van der Waals surface area (Å²) in [6, 6.07) is 9.43. The molecule has 0 N–H and O–H groups in total. The van der Waals surface area contributed by atoms with Crippen molar-refractivity contribution < 1.29 is 14.4 Å². The third-order valence-corrected chi connectivity index (χ3v) is 9.69. The van der Waals surface area contributed by atoms with Crippen LogP contribution in [0, 0.1) is 24.7 Å². The molecule has 0 saturated carbocycles. The summed E-state index contributed by atoms with van der Waals surface area (Å²) in [6.07, 6.45) is 10.8. The number of Topliss-reactive ketones (excluding diaryl/α,β-unsaturated/α-hetero) is 3. The molecule has 3 nitrogen and oxygen atoms in total. The van der Waals surface area contributed by atoms with Crippen LogP contribution in [0.5, 0.6) is 0 Å². The van der Waals surface area contributed by atoms with E-state index in [0.29, 0.717) is 12.3 Å². The van der Waals surface area contributed by atoms with Crippen molar-refractivity contribution in [1.29, 1.82) is 0 Å². The van der Waals surface area contributed by atoms with Gasteiger partial charge in [-0.25, -0.2) is 0 Å². The van der Waals surface area contributed by atoms with Gasteiger partial charge in [-0.2, -0.15) is 0 Å². The standard InChI is InChI=1S/C37H50O3/c1-7-10-31(32(8-2)35(39)17-24(5)38)19-27-20-34-33(23(3)4)22-29(25(6)37(34)36(40)21-27)16-14-26-13-15-28-11-9-12-30(28)18-26/h13,15,18,22-23,27,31-32H,7-12,14,16-17,19-21H2,1-6H3. The third kappa shape index (κ3) is 6.84. The van der Waals surface area contributed by atoms with Crippen LogP contribution < -0.4 is 0 Å². The minimum absolute atomic E-state index is 0.0378. The van der Waals surface area contributed by atoms with Crippen LogP contribution in [0.4, 0.5) is 0 Å². The molecule has 2 aliphatic rings. The Morgan fingerprint density at radius 3 is 2.42 bits per heavy atom. The van der Waals surface area contributed by atoms with Crippen LogP contribution in [-0.2, 0) is 41.7 Å². The molecular formula is C37H50O3. The number of aryl methyl sites for hydroxylation is 4. The van der Waals surface area contributed by atoms with E-state index < -0.39 is 0 Å². The lowest BCUT2D eigenvalue weighted by Gasteiger charge is -2.33. The lowest BCUT2D eigenvalue weighted by molar-refractivity contribution is -0.129. The second-order valence-electron chi connectivity index (χ2n) is 13.1. The molecule has 0 heterocycles. The van der Waals surface area contributed by atoms with Crippen molar-refractivity contribution in [1.82, 2.24) is 0 Å². The molecule has 2 aromatic rings. The maximum absolute atomic E-state index is 13.8. The first-order valence-corrected chi connectivity index (χ1v) is 15.9. The Kier molecular flexibility index (Phi) is 10.2. The highest BCUT2D eigenvalue weighted by Gasteiger charge is 2.34. The van der Waals surface area contributed by atoms with Crippen molar-refractivity contribution in [3.05, 3.63) is 68.8 Å². The van der Waals surface area contributed by atoms with E-state index in [1.165, 1.54) is 65.1 Å². The molecule has 0 aromatic heterocycles. The number of fused-ring (bicyclic) bond motifs is 2. The van der Waals surface area contributed by atoms with E-state index in [0.717, 1.165) is 50.5 Å². The van der Waals surface area contributed by atoms with Crippen molar-refractivity contribution in [3.63, 3.8) is 0 Å². The normalized spacial score (nSPS) is 18.0. The zero-order valence-electron chi connectivity index (χ0n) is 25.8. The molecule has 4 rings (SSSR count). The van der Waals surface area contributed by atoms with Crippen LogP contribution in [0.15, 0.2) is 24.3 Å². The van der Waals surface area contributed by atoms with Gasteiger partial charge in [0.2, 0.25) is 0 Å². The van der Waals surface area contributed by atoms with Gasteiger partial charge in [0.25, 0.3) is 0 Å². The van der Waals surface area contributed by atoms with Gasteiger partial charge in [0, 0.05) is 17.9 Å². The van der Waals surface area contributed by atoms with Crippen LogP contribution >= 0.6 is 0 Å². The number of carbonyl (C=O) groups is 3. The largest absolute Gasteiger partial charge is 0.300 e. The number of carbonyl (C=O) groups excluding carboxylic acids is 3. The van der Waals surface area contributed by atoms with E-state index in [4.69, 9.17) is 0 Å². The van der Waals surface area contributed by atoms with Gasteiger partial charge in [0.05, 0.1) is 6.42 Å². The molecule has 216 valence electrons. The Balaban J connectivity index is 1.57. The smallest absolute Gasteiger partial charge is 0.163 e. The average molecular weight is 543 g/mol. The van der Waals surface area contributed by atoms with Gasteiger partial charge in [-0.3, -0.25) is 14.4 Å². The first-order chi connectivity index (χ1) is 19.1. The van der Waals surface area contributed by atoms with Crippen LogP contribution in [-0.4, -0.2) is 17.3 Å². The summed E-state index contributed by atoms with van der Waals surface area (Å²) in [7, 11) is 0. The molecule has 3 atom stereocenters. The summed E-state index contributed by atoms with van der Waals surface area (Å²) < 4.78 is 0. The molecule has 3 heteroatoms. The third-order valence-electron chi connectivity index (χ3n) is 9.69. The summed E-state index contributed by atoms with van der Waals surface area (Å²) in [4.78, 5) is 38.4. The quantitative estimate of drug-likeness (QED) is 0.238. The molecule has 2 aromatic carbocycles. The van der Waals surface area contributed by atoms with Crippen LogP contribution in [0.1, 0.15) is 135 Å². The van der Waals surface area contributed by atoms with Gasteiger partial charge < -0.3 is 0 Å². The van der Waals surface area contributed by atoms with Crippen molar-refractivity contribution in [3.8, 4) is 0 Å². The first-order valence-electron chi connectivity index (χ1n) is 15.9. The Hall–Kier alpha value is -2.55. The van der Waals surface area contributed by atoms with E-state index in [-0.39, 0.29) is 41.5 Å². The van der Waals surface area contributed by atoms with Gasteiger partial charge in [-0.15, -0.1) is 0 Å². The lowest BCUT2D eigenvalue weighted by Crippen LogP contribution is -2.30. The molecule has 2 aliphatic carbocycles. The molecule has 3 unspecified atom stereocenters. The number of rotatable bonds is 13. The van der Waals surface area contributed by atoms with Gasteiger partial charge in [-0.05, 0) is 122 Å². The molecule has 0 bridgehead atoms. The molecule has 0 amide bonds. The number of ketones is 3. The van der Waals surface area contributed by atoms with Gasteiger partial charge in [0.15, 0.2) is 5.78 Å². The minimum atomic E-state index is -0.0896. The fourth-order valence-electron chi connectivity index (χ4n) is 7.72. The molecule has 0 spiro atoms. The zero-order valence-corrected chi connectivity index (χ0v) is 25.8. The van der Waals surface area contributed by atoms with E-state index in [1.807, 2.05) is 0 Å². The summed E-state index contributed by atoms with van der Waals surface area (Å²) in [5.74, 6) is 1.07. The minimum Gasteiger partial charge on any atom is -0.300 e. The zero-order chi connectivity index (χ0) is 29.0. The first kappa shape index (κ1) is 30.4. The van der Waals surface area contributed by atoms with E-state index in [2.05, 4.69) is 58.9 Å². The van der Waals surface area contributed by atoms with E-state index in [9.17, 15) is 14.4 Å². The molecule has 0 saturated heterocycles. The fourth-order valence-corrected chi connectivity index (χ4v) is 7.72. The Morgan fingerprint density at radius 1 is 1.00 bits per heavy atom. The highest BCUT2D eigenvalue weighted by molar-refractivity contribution is 6.01. The second kappa shape index (κ2) is 13.4. The Bertz CT molecular complexity index is 1250. The fraction of sp³-hybridized carbons (Fsp3) is 0.595. The van der Waals surface area contributed by atoms with Gasteiger partial charge in [-0.1, -0.05) is 64.8 Å². The maximum Gasteiger partial charge on any atom is 0.163 e. The number of hydrogen-bond acceptors (Lipinski definition) is 3. The molecule has 40 heavy (non-hydrogen) atoms. The molecule has 0 radical (unpaired) electrons. The van der Waals surface area contributed by atoms with E-state index in [1.54, 1.807) is 0 Å². The van der Waals surface area contributed by atoms with Crippen molar-refractivity contribution >= 4 is 17.3 Å². The Labute approximate surface area is 242 Å². The van der Waals surface area contributed by atoms with Gasteiger partial charge >= 0.3 is 0 Å². The molecule has 0 aliphatic heterocycles. The van der Waals surface area contributed by atoms with Crippen LogP contribution in [0.2, 0.25) is 0 Å². The van der Waals surface area contributed by atoms with Crippen molar-refractivity contribution in [2.75, 3.05) is 0 Å². The highest BCUT2D eigenvalue weighted by atomic mass is 16.1. The summed E-state index contributed by atoms with van der Waals surface area (Å²) in [5.41, 5.74) is 10.5. The SMILES string of the molecule is CCCC(CC1CC(=O)c2c(C)c(CCc3ccc4c(c3)CCC4)cc(C(C)C)c2C1)C(CC)C(=O)CC(C)=O. The topological polar surface area (TPSA) is 51.2 Å². The van der Waals surface area contributed by atoms with Crippen molar-refractivity contribution in [2.24, 2.45) is 17.8 Å². The predicted octanol–water partition coefficient (Wildman–Crippen LogP) is 8.52. The molecular weight excluding hydrogens is 492 g/mol.